The van der Waals surface area contributed by atoms with Gasteiger partial charge in [-0.05, 0) is 106 Å². The summed E-state index contributed by atoms with van der Waals surface area (Å²) in [6.45, 7) is 9.41. The average Bonchev–Trinajstić information content (AvgIpc) is 3.78. The Morgan fingerprint density at radius 2 is 1.65 bits per heavy atom. The average molecular weight is 691 g/mol. The molecule has 1 N–H and O–H groups in total. The lowest BCUT2D eigenvalue weighted by Crippen LogP contribution is -2.41. The Morgan fingerprint density at radius 1 is 1.02 bits per heavy atom. The van der Waals surface area contributed by atoms with E-state index in [-0.39, 0.29) is 22.8 Å². The Kier molecular flexibility index (Phi) is 8.69. The SMILES string of the molecule is CNC(=O)c1c(-c2ccc(F)cc2)oc2cc(N(C(C)c3ccc(B4OC(C)(C)C(C)(C)O4)c(C(=O)OC)c3)S(C)(=O)=O)c(C3CC3)cc12. The number of carbonyl (C=O) groups excluding carboxylic acids is 2. The zero-order valence-corrected chi connectivity index (χ0v) is 29.7. The van der Waals surface area contributed by atoms with E-state index in [0.717, 1.165) is 24.7 Å². The van der Waals surface area contributed by atoms with Crippen molar-refractivity contribution in [2.24, 2.45) is 0 Å². The fourth-order valence-electron chi connectivity index (χ4n) is 6.32. The van der Waals surface area contributed by atoms with E-state index >= 15 is 0 Å². The molecule has 6 rings (SSSR count). The summed E-state index contributed by atoms with van der Waals surface area (Å²) in [4.78, 5) is 26.4. The summed E-state index contributed by atoms with van der Waals surface area (Å²) in [5.41, 5.74) is 2.12. The second-order valence-corrected chi connectivity index (χ2v) is 15.6. The van der Waals surface area contributed by atoms with Gasteiger partial charge in [0, 0.05) is 24.1 Å². The standard InChI is InChI=1S/C36H40BFN2O8S/c1-20(23-13-16-28(26(17-23)34(42)45-7)37-47-35(2,3)36(4,5)48-37)40(49(8,43)44)29-19-30-27(18-25(29)21-9-10-21)31(33(41)39-6)32(46-30)22-11-14-24(38)15-12-22/h11-21H,9-10H2,1-8H3,(H,39,41). The van der Waals surface area contributed by atoms with Crippen molar-refractivity contribution in [2.45, 2.75) is 70.6 Å². The molecule has 10 nitrogen and oxygen atoms in total. The minimum Gasteiger partial charge on any atom is -0.465 e. The molecule has 1 atom stereocenters. The van der Waals surface area contributed by atoms with Crippen molar-refractivity contribution in [2.75, 3.05) is 24.7 Å². The number of benzene rings is 3. The van der Waals surface area contributed by atoms with Crippen molar-refractivity contribution in [1.29, 1.82) is 0 Å². The van der Waals surface area contributed by atoms with Crippen LogP contribution in [0.5, 0.6) is 0 Å². The van der Waals surface area contributed by atoms with Crippen LogP contribution in [0.3, 0.4) is 0 Å². The van der Waals surface area contributed by atoms with E-state index < -0.39 is 52.1 Å². The van der Waals surface area contributed by atoms with Crippen LogP contribution in [0, 0.1) is 5.82 Å². The van der Waals surface area contributed by atoms with E-state index in [4.69, 9.17) is 18.5 Å². The maximum absolute atomic E-state index is 13.8. The zero-order chi connectivity index (χ0) is 35.6. The number of furan rings is 1. The largest absolute Gasteiger partial charge is 0.495 e. The second kappa shape index (κ2) is 12.3. The van der Waals surface area contributed by atoms with Crippen LogP contribution in [0.4, 0.5) is 10.1 Å². The predicted octanol–water partition coefficient (Wildman–Crippen LogP) is 6.09. The quantitative estimate of drug-likeness (QED) is 0.165. The minimum absolute atomic E-state index is 0.0638. The number of nitrogens with zero attached hydrogens (tertiary/aromatic N) is 1. The molecule has 1 aliphatic carbocycles. The van der Waals surface area contributed by atoms with E-state index in [1.807, 2.05) is 33.8 Å². The third-order valence-corrected chi connectivity index (χ3v) is 11.1. The zero-order valence-electron chi connectivity index (χ0n) is 28.8. The Bertz CT molecular complexity index is 2060. The van der Waals surface area contributed by atoms with Crippen molar-refractivity contribution < 1.29 is 40.9 Å². The maximum atomic E-state index is 13.8. The normalized spacial score (nSPS) is 17.6. The second-order valence-electron chi connectivity index (χ2n) is 13.7. The Morgan fingerprint density at radius 3 is 2.20 bits per heavy atom. The highest BCUT2D eigenvalue weighted by atomic mass is 32.2. The van der Waals surface area contributed by atoms with Gasteiger partial charge in [-0.3, -0.25) is 9.10 Å². The van der Waals surface area contributed by atoms with Crippen LogP contribution in [-0.4, -0.2) is 59.0 Å². The number of esters is 1. The smallest absolute Gasteiger partial charge is 0.465 e. The van der Waals surface area contributed by atoms with Gasteiger partial charge in [0.25, 0.3) is 5.91 Å². The van der Waals surface area contributed by atoms with Gasteiger partial charge in [-0.15, -0.1) is 0 Å². The summed E-state index contributed by atoms with van der Waals surface area (Å²) in [6, 6.07) is 13.4. The number of halogens is 1. The molecule has 49 heavy (non-hydrogen) atoms. The van der Waals surface area contributed by atoms with Crippen molar-refractivity contribution in [3.05, 3.63) is 82.7 Å². The van der Waals surface area contributed by atoms with Crippen molar-refractivity contribution in [3.8, 4) is 11.3 Å². The lowest BCUT2D eigenvalue weighted by atomic mass is 9.75. The predicted molar refractivity (Wildman–Crippen MR) is 186 cm³/mol. The summed E-state index contributed by atoms with van der Waals surface area (Å²) in [5.74, 6) is -1.13. The summed E-state index contributed by atoms with van der Waals surface area (Å²) < 4.78 is 66.4. The van der Waals surface area contributed by atoms with Crippen molar-refractivity contribution in [3.63, 3.8) is 0 Å². The van der Waals surface area contributed by atoms with Gasteiger partial charge in [0.05, 0.1) is 47.4 Å². The van der Waals surface area contributed by atoms with Crippen LogP contribution < -0.4 is 15.1 Å². The van der Waals surface area contributed by atoms with Gasteiger partial charge in [0.2, 0.25) is 10.0 Å². The maximum Gasteiger partial charge on any atom is 0.495 e. The molecule has 0 radical (unpaired) electrons. The number of amides is 1. The minimum atomic E-state index is -3.93. The van der Waals surface area contributed by atoms with Crippen LogP contribution in [0.25, 0.3) is 22.3 Å². The van der Waals surface area contributed by atoms with E-state index in [2.05, 4.69) is 5.32 Å². The Balaban J connectivity index is 1.50. The first-order chi connectivity index (χ1) is 23.0. The highest BCUT2D eigenvalue weighted by molar-refractivity contribution is 7.92. The number of rotatable bonds is 9. The Labute approximate surface area is 286 Å². The molecule has 2 aliphatic rings. The summed E-state index contributed by atoms with van der Waals surface area (Å²) in [6.07, 6.45) is 2.82. The molecule has 1 aromatic heterocycles. The molecule has 2 heterocycles. The summed E-state index contributed by atoms with van der Waals surface area (Å²) in [5, 5.41) is 3.18. The topological polar surface area (TPSA) is 124 Å². The van der Waals surface area contributed by atoms with Crippen LogP contribution in [0.2, 0.25) is 0 Å². The monoisotopic (exact) mass is 690 g/mol. The van der Waals surface area contributed by atoms with Crippen LogP contribution in [0.15, 0.2) is 59.0 Å². The number of anilines is 1. The summed E-state index contributed by atoms with van der Waals surface area (Å²) >= 11 is 0. The molecule has 1 aliphatic heterocycles. The number of ether oxygens (including phenoxy) is 1. The first-order valence-electron chi connectivity index (χ1n) is 16.1. The molecule has 0 bridgehead atoms. The lowest BCUT2D eigenvalue weighted by molar-refractivity contribution is 0.00578. The molecule has 0 spiro atoms. The third kappa shape index (κ3) is 6.24. The Hall–Kier alpha value is -4.20. The summed E-state index contributed by atoms with van der Waals surface area (Å²) in [7, 11) is -1.98. The fourth-order valence-corrected chi connectivity index (χ4v) is 7.53. The molecule has 1 amide bonds. The lowest BCUT2D eigenvalue weighted by Gasteiger charge is -2.32. The molecule has 1 saturated carbocycles. The van der Waals surface area contributed by atoms with Gasteiger partial charge in [0.1, 0.15) is 17.2 Å². The number of hydrogen-bond donors (Lipinski definition) is 1. The number of carbonyl (C=O) groups is 2. The number of methoxy groups -OCH3 is 1. The molecule has 1 saturated heterocycles. The first kappa shape index (κ1) is 34.7. The van der Waals surface area contributed by atoms with Gasteiger partial charge in [0.15, 0.2) is 0 Å². The van der Waals surface area contributed by atoms with Gasteiger partial charge in [-0.2, -0.15) is 0 Å². The first-order valence-corrected chi connectivity index (χ1v) is 18.0. The van der Waals surface area contributed by atoms with Gasteiger partial charge < -0.3 is 23.8 Å². The van der Waals surface area contributed by atoms with E-state index in [9.17, 15) is 22.4 Å². The number of nitrogens with one attached hydrogen (secondary N) is 1. The molecule has 2 fully saturated rings. The molecule has 13 heteroatoms. The van der Waals surface area contributed by atoms with Gasteiger partial charge in [-0.25, -0.2) is 17.6 Å². The van der Waals surface area contributed by atoms with E-state index in [1.165, 1.54) is 42.7 Å². The molecule has 3 aromatic carbocycles. The molecule has 258 valence electrons. The van der Waals surface area contributed by atoms with E-state index in [0.29, 0.717) is 33.2 Å². The third-order valence-electron chi connectivity index (χ3n) is 9.83. The van der Waals surface area contributed by atoms with Gasteiger partial charge >= 0.3 is 13.1 Å². The highest BCUT2D eigenvalue weighted by Gasteiger charge is 2.52. The van der Waals surface area contributed by atoms with E-state index in [1.54, 1.807) is 31.2 Å². The van der Waals surface area contributed by atoms with Crippen LogP contribution in [-0.2, 0) is 24.1 Å². The molecule has 4 aromatic rings. The molecule has 1 unspecified atom stereocenters. The van der Waals surface area contributed by atoms with Crippen molar-refractivity contribution in [1.82, 2.24) is 5.32 Å². The fraction of sp³-hybridized carbons (Fsp3) is 0.389. The highest BCUT2D eigenvalue weighted by Crippen LogP contribution is 2.49. The van der Waals surface area contributed by atoms with Crippen LogP contribution in [0.1, 0.15) is 91.3 Å². The molecular weight excluding hydrogens is 650 g/mol. The molecular formula is C36H40BFN2O8S. The number of hydrogen-bond acceptors (Lipinski definition) is 8. The van der Waals surface area contributed by atoms with Crippen molar-refractivity contribution >= 4 is 51.1 Å². The van der Waals surface area contributed by atoms with Crippen LogP contribution >= 0.6 is 0 Å². The van der Waals surface area contributed by atoms with Gasteiger partial charge in [-0.1, -0.05) is 12.1 Å². The number of fused-ring (bicyclic) bond motifs is 1. The number of sulfonamides is 1.